The van der Waals surface area contributed by atoms with E-state index in [0.29, 0.717) is 50.9 Å². The Morgan fingerprint density at radius 3 is 1.13 bits per heavy atom. The zero-order chi connectivity index (χ0) is 84.8. The number of phosphoric ester groups is 1. The van der Waals surface area contributed by atoms with Gasteiger partial charge in [-0.1, -0.05) is 283 Å². The van der Waals surface area contributed by atoms with Crippen LogP contribution in [0, 0.1) is 5.92 Å². The lowest BCUT2D eigenvalue weighted by atomic mass is 9.84. The van der Waals surface area contributed by atoms with Crippen molar-refractivity contribution >= 4 is 31.7 Å². The fourth-order valence-corrected chi connectivity index (χ4v) is 16.0. The molecule has 25 nitrogen and oxygen atoms in total. The molecule has 0 aromatic rings. The summed E-state index contributed by atoms with van der Waals surface area (Å²) in [6.07, 6.45) is 27.4. The Morgan fingerprint density at radius 1 is 0.362 bits per heavy atom. The fourth-order valence-electron chi connectivity index (χ4n) is 15.0. The number of hydrogen-bond donors (Lipinski definition) is 10. The number of ether oxygens (including phenoxy) is 8. The van der Waals surface area contributed by atoms with Gasteiger partial charge in [0.1, 0.15) is 92.6 Å². The van der Waals surface area contributed by atoms with E-state index in [0.717, 1.165) is 128 Å². The largest absolute Gasteiger partial charge is 0.472 e. The highest BCUT2D eigenvalue weighted by Gasteiger charge is 2.60. The van der Waals surface area contributed by atoms with E-state index in [1.807, 2.05) is 0 Å². The molecular weight excluding hydrogens is 1510 g/mol. The van der Waals surface area contributed by atoms with E-state index in [4.69, 9.17) is 46.9 Å². The van der Waals surface area contributed by atoms with E-state index < -0.39 is 162 Å². The number of phosphoric acid groups is 1. The molecule has 0 spiro atoms. The number of allylic oxidation sites excluding steroid dienone is 6. The van der Waals surface area contributed by atoms with Gasteiger partial charge in [-0.05, 0) is 109 Å². The van der Waals surface area contributed by atoms with Crippen molar-refractivity contribution in [1.29, 1.82) is 0 Å². The van der Waals surface area contributed by atoms with Crippen LogP contribution >= 0.6 is 7.82 Å². The molecule has 2 aliphatic heterocycles. The van der Waals surface area contributed by atoms with Gasteiger partial charge in [-0.2, -0.15) is 0 Å². The molecule has 116 heavy (non-hydrogen) atoms. The van der Waals surface area contributed by atoms with Gasteiger partial charge in [0.2, 0.25) is 0 Å². The second-order valence-electron chi connectivity index (χ2n) is 33.1. The number of unbranched alkanes of at least 4 members (excludes halogenated alkanes) is 39. The van der Waals surface area contributed by atoms with Crippen LogP contribution in [0.15, 0.2) is 36.5 Å². The highest BCUT2D eigenvalue weighted by atomic mass is 31.2. The first-order chi connectivity index (χ1) is 56.1. The monoisotopic (exact) mass is 1680 g/mol. The van der Waals surface area contributed by atoms with Gasteiger partial charge in [0.15, 0.2) is 24.8 Å². The van der Waals surface area contributed by atoms with Gasteiger partial charge in [-0.3, -0.25) is 28.2 Å². The van der Waals surface area contributed by atoms with E-state index in [2.05, 4.69) is 71.1 Å². The molecular formula is C90H163O25P. The van der Waals surface area contributed by atoms with Crippen LogP contribution in [0.4, 0.5) is 0 Å². The average molecular weight is 1680 g/mol. The molecule has 1 saturated carbocycles. The lowest BCUT2D eigenvalue weighted by Crippen LogP contribution is -2.70. The van der Waals surface area contributed by atoms with E-state index in [1.54, 1.807) is 0 Å². The Morgan fingerprint density at radius 2 is 0.698 bits per heavy atom. The van der Waals surface area contributed by atoms with Crippen molar-refractivity contribution in [3.05, 3.63) is 36.5 Å². The molecule has 678 valence electrons. The maximum absolute atomic E-state index is 14.9. The summed E-state index contributed by atoms with van der Waals surface area (Å²) in [7, 11) is -5.81. The van der Waals surface area contributed by atoms with Crippen molar-refractivity contribution < 1.29 is 122 Å². The summed E-state index contributed by atoms with van der Waals surface area (Å²) in [4.78, 5) is 66.4. The van der Waals surface area contributed by atoms with Crippen LogP contribution in [0.3, 0.4) is 0 Å². The molecule has 19 unspecified atom stereocenters. The second kappa shape index (κ2) is 68.2. The molecule has 3 fully saturated rings. The van der Waals surface area contributed by atoms with Crippen LogP contribution < -0.4 is 0 Å². The summed E-state index contributed by atoms with van der Waals surface area (Å²) in [6.45, 7) is 7.84. The summed E-state index contributed by atoms with van der Waals surface area (Å²) >= 11 is 0. The minimum absolute atomic E-state index is 0.00890. The van der Waals surface area contributed by atoms with Crippen molar-refractivity contribution in [2.24, 2.45) is 5.92 Å². The molecule has 3 rings (SSSR count). The molecule has 0 aromatic carbocycles. The van der Waals surface area contributed by atoms with Gasteiger partial charge in [0.05, 0.1) is 13.2 Å². The Balaban J connectivity index is 1.94. The number of carbonyl (C=O) groups excluding carboxylic acids is 4. The minimum atomic E-state index is -5.81. The van der Waals surface area contributed by atoms with E-state index in [-0.39, 0.29) is 32.1 Å². The van der Waals surface area contributed by atoms with Gasteiger partial charge >= 0.3 is 31.7 Å². The molecule has 2 heterocycles. The van der Waals surface area contributed by atoms with Gasteiger partial charge in [0, 0.05) is 25.7 Å². The molecule has 2 saturated heterocycles. The van der Waals surface area contributed by atoms with E-state index in [9.17, 15) is 74.6 Å². The molecule has 26 heteroatoms. The van der Waals surface area contributed by atoms with Gasteiger partial charge < -0.3 is 88.7 Å². The van der Waals surface area contributed by atoms with Crippen LogP contribution in [-0.2, 0) is 70.7 Å². The Kier molecular flexibility index (Phi) is 62.8. The summed E-state index contributed by atoms with van der Waals surface area (Å²) in [5.41, 5.74) is 0. The lowest BCUT2D eigenvalue weighted by molar-refractivity contribution is -0.360. The maximum atomic E-state index is 14.9. The fraction of sp³-hybridized carbons (Fsp3) is 0.889. The van der Waals surface area contributed by atoms with Gasteiger partial charge in [0.25, 0.3) is 0 Å². The quantitative estimate of drug-likeness (QED) is 0.00889. The molecule has 10 N–H and O–H groups in total. The van der Waals surface area contributed by atoms with E-state index in [1.165, 1.54) is 135 Å². The number of carbonyl (C=O) groups is 4. The Hall–Kier alpha value is -3.31. The van der Waals surface area contributed by atoms with Crippen LogP contribution in [0.5, 0.6) is 0 Å². The standard InChI is InChI=1S/C90H163O25P/c1-6-10-14-18-22-25-28-31-32-35-37-39-42-49-55-61-73(92)106-66-70(109-75(94)63-57-52-46-45-48-54-60-69(5)59-53-47-21-17-13-9-4)67-108-116(104,105)115-88-86(113-89-83(102)79(98)77(96)71(65-91)110-89)82(101)81(100)85(112-76(95)64-58-51-44-41-38-34-30-27-24-20-16-12-8-3)87(88)114-90-84(103)80(99)78(97)72(111-90)68-107-74(93)62-56-50-43-40-36-33-29-26-23-19-15-11-7-2/h25,28,33-34,36,38,69-72,77-91,96-103H,6-24,26-27,29-32,35,37,39-68H2,1-5H3,(H,104,105)/b28-25-,36-33-,38-34-. The lowest BCUT2D eigenvalue weighted by Gasteiger charge is -2.50. The summed E-state index contributed by atoms with van der Waals surface area (Å²) in [5, 5.41) is 102. The zero-order valence-corrected chi connectivity index (χ0v) is 73.1. The molecule has 1 aliphatic carbocycles. The highest BCUT2D eigenvalue weighted by molar-refractivity contribution is 7.47. The number of rotatable bonds is 73. The number of aliphatic hydroxyl groups is 9. The SMILES string of the molecule is CCCCCC/C=C\CCCCCCCCCC(=O)OCC(COP(=O)(O)OC1C(OC2OC(CO)C(O)C(O)C2O)C(O)C(O)C(OC(=O)CCCCC/C=C\CCCCCCCC)C1OC1OC(COC(=O)CCCCC/C=C\CCCCCCCC)C(O)C(O)C1O)OC(=O)CCCCCCCCC(C)CCCCCCCC. The highest BCUT2D eigenvalue weighted by Crippen LogP contribution is 2.49. The number of hydrogen-bond acceptors (Lipinski definition) is 24. The third-order valence-corrected chi connectivity index (χ3v) is 23.5. The molecule has 3 aliphatic rings. The topological polar surface area (TPSA) is 380 Å². The third kappa shape index (κ3) is 48.5. The number of aliphatic hydroxyl groups excluding tert-OH is 9. The first-order valence-corrected chi connectivity index (χ1v) is 47.6. The minimum Gasteiger partial charge on any atom is -0.463 e. The van der Waals surface area contributed by atoms with Crippen molar-refractivity contribution in [1.82, 2.24) is 0 Å². The van der Waals surface area contributed by atoms with Crippen LogP contribution in [0.2, 0.25) is 0 Å². The van der Waals surface area contributed by atoms with Gasteiger partial charge in [-0.25, -0.2) is 4.57 Å². The molecule has 0 bridgehead atoms. The predicted molar refractivity (Wildman–Crippen MR) is 449 cm³/mol. The van der Waals surface area contributed by atoms with Crippen LogP contribution in [0.25, 0.3) is 0 Å². The summed E-state index contributed by atoms with van der Waals surface area (Å²) < 4.78 is 73.3. The first-order valence-electron chi connectivity index (χ1n) is 46.1. The molecule has 0 aromatic heterocycles. The smallest absolute Gasteiger partial charge is 0.463 e. The molecule has 19 atom stereocenters. The van der Waals surface area contributed by atoms with Crippen LogP contribution in [-0.4, -0.2) is 205 Å². The summed E-state index contributed by atoms with van der Waals surface area (Å²) in [5.74, 6) is -2.34. The van der Waals surface area contributed by atoms with Gasteiger partial charge in [-0.15, -0.1) is 0 Å². The summed E-state index contributed by atoms with van der Waals surface area (Å²) in [6, 6.07) is 0. The van der Waals surface area contributed by atoms with Crippen molar-refractivity contribution in [2.75, 3.05) is 26.4 Å². The Labute approximate surface area is 697 Å². The number of esters is 4. The molecule has 0 radical (unpaired) electrons. The normalized spacial score (nSPS) is 25.6. The van der Waals surface area contributed by atoms with E-state index >= 15 is 0 Å². The third-order valence-electron chi connectivity index (χ3n) is 22.5. The first kappa shape index (κ1) is 107. The Bertz CT molecular complexity index is 2580. The zero-order valence-electron chi connectivity index (χ0n) is 72.2. The second-order valence-corrected chi connectivity index (χ2v) is 34.5. The predicted octanol–water partition coefficient (Wildman–Crippen LogP) is 16.6. The maximum Gasteiger partial charge on any atom is 0.472 e. The van der Waals surface area contributed by atoms with Crippen molar-refractivity contribution in [3.63, 3.8) is 0 Å². The van der Waals surface area contributed by atoms with Crippen molar-refractivity contribution in [3.8, 4) is 0 Å². The van der Waals surface area contributed by atoms with Crippen molar-refractivity contribution in [2.45, 2.75) is 479 Å². The average Bonchev–Trinajstić information content (AvgIpc) is 0.754. The van der Waals surface area contributed by atoms with Crippen LogP contribution in [0.1, 0.15) is 375 Å². The molecule has 0 amide bonds.